The van der Waals surface area contributed by atoms with Gasteiger partial charge in [-0.2, -0.15) is 5.10 Å². The first kappa shape index (κ1) is 14.6. The maximum absolute atomic E-state index is 4.73. The summed E-state index contributed by atoms with van der Waals surface area (Å²) < 4.78 is 2.07. The fraction of sp³-hybridized carbons (Fsp3) is 0.647. The highest BCUT2D eigenvalue weighted by Gasteiger charge is 2.26. The number of fused-ring (bicyclic) bond motifs is 2. The summed E-state index contributed by atoms with van der Waals surface area (Å²) in [7, 11) is 0. The van der Waals surface area contributed by atoms with Crippen LogP contribution in [0.5, 0.6) is 0 Å². The van der Waals surface area contributed by atoms with Crippen LogP contribution < -0.4 is 5.32 Å². The summed E-state index contributed by atoms with van der Waals surface area (Å²) in [6.45, 7) is 5.06. The van der Waals surface area contributed by atoms with Crippen molar-refractivity contribution in [2.75, 3.05) is 5.32 Å². The van der Waals surface area contributed by atoms with Crippen LogP contribution in [0.1, 0.15) is 67.4 Å². The molecule has 0 radical (unpaired) electrons. The van der Waals surface area contributed by atoms with Crippen LogP contribution in [0.4, 0.5) is 5.82 Å². The SMILES string of the molecule is CCc1nc2n(n1)CCCC2Nc1nc(C)nc2c1CCCC2. The van der Waals surface area contributed by atoms with E-state index in [1.807, 2.05) is 6.92 Å². The van der Waals surface area contributed by atoms with Gasteiger partial charge in [0.15, 0.2) is 5.82 Å². The minimum Gasteiger partial charge on any atom is -0.360 e. The lowest BCUT2D eigenvalue weighted by molar-refractivity contribution is 0.436. The summed E-state index contributed by atoms with van der Waals surface area (Å²) in [5, 5.41) is 8.27. The highest BCUT2D eigenvalue weighted by molar-refractivity contribution is 5.49. The van der Waals surface area contributed by atoms with E-state index in [9.17, 15) is 0 Å². The number of aryl methyl sites for hydroxylation is 4. The van der Waals surface area contributed by atoms with Crippen molar-refractivity contribution < 1.29 is 0 Å². The summed E-state index contributed by atoms with van der Waals surface area (Å²) in [6, 6.07) is 0.205. The molecule has 1 aliphatic carbocycles. The molecular weight excluding hydrogens is 288 g/mol. The average molecular weight is 312 g/mol. The summed E-state index contributed by atoms with van der Waals surface area (Å²) in [4.78, 5) is 14.1. The second kappa shape index (κ2) is 5.91. The fourth-order valence-electron chi connectivity index (χ4n) is 3.69. The number of anilines is 1. The quantitative estimate of drug-likeness (QED) is 0.944. The Morgan fingerprint density at radius 2 is 2.00 bits per heavy atom. The molecule has 23 heavy (non-hydrogen) atoms. The Labute approximate surface area is 136 Å². The molecule has 0 bridgehead atoms. The van der Waals surface area contributed by atoms with Crippen LogP contribution in [0.15, 0.2) is 0 Å². The molecule has 6 heteroatoms. The lowest BCUT2D eigenvalue weighted by atomic mass is 9.96. The largest absolute Gasteiger partial charge is 0.360 e. The lowest BCUT2D eigenvalue weighted by Gasteiger charge is -2.26. The Balaban J connectivity index is 1.67. The molecule has 0 spiro atoms. The molecule has 3 heterocycles. The van der Waals surface area contributed by atoms with E-state index in [0.717, 1.165) is 61.9 Å². The number of nitrogens with zero attached hydrogens (tertiary/aromatic N) is 5. The maximum Gasteiger partial charge on any atom is 0.150 e. The molecule has 2 aromatic rings. The lowest BCUT2D eigenvalue weighted by Crippen LogP contribution is -2.24. The molecule has 4 rings (SSSR count). The Hall–Kier alpha value is -1.98. The molecule has 1 aliphatic heterocycles. The van der Waals surface area contributed by atoms with Crippen molar-refractivity contribution in [2.45, 2.75) is 71.4 Å². The smallest absolute Gasteiger partial charge is 0.150 e. The Bertz CT molecular complexity index is 720. The third kappa shape index (κ3) is 2.71. The molecule has 122 valence electrons. The molecule has 2 aromatic heterocycles. The zero-order valence-corrected chi connectivity index (χ0v) is 14.0. The molecule has 0 saturated carbocycles. The van der Waals surface area contributed by atoms with Crippen LogP contribution in [0.2, 0.25) is 0 Å². The van der Waals surface area contributed by atoms with Gasteiger partial charge in [-0.1, -0.05) is 6.92 Å². The average Bonchev–Trinajstić information content (AvgIpc) is 2.99. The van der Waals surface area contributed by atoms with E-state index < -0.39 is 0 Å². The molecule has 0 amide bonds. The van der Waals surface area contributed by atoms with Crippen molar-refractivity contribution in [3.63, 3.8) is 0 Å². The number of hydrogen-bond acceptors (Lipinski definition) is 5. The third-order valence-corrected chi connectivity index (χ3v) is 4.84. The first-order valence-corrected chi connectivity index (χ1v) is 8.81. The number of nitrogens with one attached hydrogen (secondary N) is 1. The van der Waals surface area contributed by atoms with Crippen molar-refractivity contribution in [1.29, 1.82) is 0 Å². The molecule has 0 aromatic carbocycles. The molecule has 1 unspecified atom stereocenters. The van der Waals surface area contributed by atoms with Gasteiger partial charge in [0, 0.05) is 24.2 Å². The van der Waals surface area contributed by atoms with Crippen molar-refractivity contribution in [3.8, 4) is 0 Å². The van der Waals surface area contributed by atoms with Gasteiger partial charge in [-0.25, -0.2) is 19.6 Å². The number of hydrogen-bond donors (Lipinski definition) is 1. The topological polar surface area (TPSA) is 68.5 Å². The van der Waals surface area contributed by atoms with Crippen LogP contribution in [0.25, 0.3) is 0 Å². The van der Waals surface area contributed by atoms with Gasteiger partial charge in [0.2, 0.25) is 0 Å². The van der Waals surface area contributed by atoms with Gasteiger partial charge in [0.05, 0.1) is 6.04 Å². The highest BCUT2D eigenvalue weighted by atomic mass is 15.4. The summed E-state index contributed by atoms with van der Waals surface area (Å²) in [6.07, 6.45) is 7.72. The standard InChI is InChI=1S/C17H24N6/c1-3-15-21-17-14(9-6-10-23(17)22-15)20-16-12-7-4-5-8-13(12)18-11(2)19-16/h14H,3-10H2,1-2H3,(H,18,19,20). The molecule has 6 nitrogen and oxygen atoms in total. The Kier molecular flexibility index (Phi) is 3.75. The monoisotopic (exact) mass is 312 g/mol. The highest BCUT2D eigenvalue weighted by Crippen LogP contribution is 2.31. The zero-order valence-electron chi connectivity index (χ0n) is 14.0. The van der Waals surface area contributed by atoms with Gasteiger partial charge >= 0.3 is 0 Å². The maximum atomic E-state index is 4.73. The van der Waals surface area contributed by atoms with Crippen LogP contribution >= 0.6 is 0 Å². The first-order valence-electron chi connectivity index (χ1n) is 8.81. The number of rotatable bonds is 3. The van der Waals surface area contributed by atoms with Crippen molar-refractivity contribution in [3.05, 3.63) is 28.7 Å². The van der Waals surface area contributed by atoms with Gasteiger partial charge in [0.1, 0.15) is 17.5 Å². The first-order chi connectivity index (χ1) is 11.2. The van der Waals surface area contributed by atoms with Crippen LogP contribution in [-0.4, -0.2) is 24.7 Å². The van der Waals surface area contributed by atoms with Gasteiger partial charge in [-0.05, 0) is 45.4 Å². The van der Waals surface area contributed by atoms with Crippen LogP contribution in [0, 0.1) is 6.92 Å². The van der Waals surface area contributed by atoms with Crippen molar-refractivity contribution >= 4 is 5.82 Å². The van der Waals surface area contributed by atoms with Crippen molar-refractivity contribution in [1.82, 2.24) is 24.7 Å². The molecule has 2 aliphatic rings. The molecule has 0 saturated heterocycles. The molecule has 1 atom stereocenters. The zero-order chi connectivity index (χ0) is 15.8. The van der Waals surface area contributed by atoms with E-state index >= 15 is 0 Å². The summed E-state index contributed by atoms with van der Waals surface area (Å²) in [5.41, 5.74) is 2.55. The number of aromatic nitrogens is 5. The fourth-order valence-corrected chi connectivity index (χ4v) is 3.69. The third-order valence-electron chi connectivity index (χ3n) is 4.84. The molecule has 0 fully saturated rings. The van der Waals surface area contributed by atoms with Gasteiger partial charge in [0.25, 0.3) is 0 Å². The Morgan fingerprint density at radius 1 is 1.13 bits per heavy atom. The van der Waals surface area contributed by atoms with E-state index in [1.54, 1.807) is 0 Å². The molecule has 1 N–H and O–H groups in total. The van der Waals surface area contributed by atoms with Crippen LogP contribution in [0.3, 0.4) is 0 Å². The second-order valence-electron chi connectivity index (χ2n) is 6.55. The van der Waals surface area contributed by atoms with Gasteiger partial charge in [-0.15, -0.1) is 0 Å². The summed E-state index contributed by atoms with van der Waals surface area (Å²) >= 11 is 0. The molecular formula is C17H24N6. The van der Waals surface area contributed by atoms with E-state index in [2.05, 4.69) is 27.0 Å². The normalized spacial score (nSPS) is 20.0. The minimum atomic E-state index is 0.205. The van der Waals surface area contributed by atoms with E-state index in [0.29, 0.717) is 0 Å². The van der Waals surface area contributed by atoms with Gasteiger partial charge < -0.3 is 5.32 Å². The predicted octanol–water partition coefficient (Wildman–Crippen LogP) is 2.76. The van der Waals surface area contributed by atoms with E-state index in [1.165, 1.54) is 24.1 Å². The minimum absolute atomic E-state index is 0.205. The van der Waals surface area contributed by atoms with Crippen LogP contribution in [-0.2, 0) is 25.8 Å². The summed E-state index contributed by atoms with van der Waals surface area (Å²) in [5.74, 6) is 3.88. The van der Waals surface area contributed by atoms with E-state index in [-0.39, 0.29) is 6.04 Å². The Morgan fingerprint density at radius 3 is 2.87 bits per heavy atom. The van der Waals surface area contributed by atoms with E-state index in [4.69, 9.17) is 9.97 Å². The predicted molar refractivity (Wildman–Crippen MR) is 88.4 cm³/mol. The van der Waals surface area contributed by atoms with Gasteiger partial charge in [-0.3, -0.25) is 0 Å². The van der Waals surface area contributed by atoms with Crippen molar-refractivity contribution in [2.24, 2.45) is 0 Å². The second-order valence-corrected chi connectivity index (χ2v) is 6.55.